The summed E-state index contributed by atoms with van der Waals surface area (Å²) in [6, 6.07) is 2.09. The lowest BCUT2D eigenvalue weighted by atomic mass is 10.0. The van der Waals surface area contributed by atoms with Crippen molar-refractivity contribution in [2.45, 2.75) is 63.5 Å². The number of hydrogen-bond donors (Lipinski definition) is 3. The third-order valence-corrected chi connectivity index (χ3v) is 6.26. The van der Waals surface area contributed by atoms with Crippen LogP contribution in [0.15, 0.2) is 6.07 Å². The molecule has 8 heteroatoms. The maximum Gasteiger partial charge on any atom is 0.407 e. The van der Waals surface area contributed by atoms with E-state index in [-0.39, 0.29) is 36.0 Å². The maximum absolute atomic E-state index is 12.2. The maximum atomic E-state index is 12.2. The van der Waals surface area contributed by atoms with Crippen LogP contribution >= 0.6 is 0 Å². The van der Waals surface area contributed by atoms with Crippen LogP contribution in [0.2, 0.25) is 0 Å². The van der Waals surface area contributed by atoms with Crippen LogP contribution in [0.4, 0.5) is 10.6 Å². The number of ether oxygens (including phenoxy) is 2. The number of carbonyl (C=O) groups excluding carboxylic acids is 2. The number of anilines is 1. The summed E-state index contributed by atoms with van der Waals surface area (Å²) in [6.07, 6.45) is 5.44. The number of alkyl carbamates (subject to hydrolysis) is 1. The van der Waals surface area contributed by atoms with Crippen LogP contribution < -0.4 is 10.6 Å². The molecular weight excluding hydrogens is 360 g/mol. The predicted molar refractivity (Wildman–Crippen MR) is 103 cm³/mol. The van der Waals surface area contributed by atoms with Gasteiger partial charge in [-0.1, -0.05) is 0 Å². The summed E-state index contributed by atoms with van der Waals surface area (Å²) in [6.45, 7) is 2.66. The van der Waals surface area contributed by atoms with E-state index < -0.39 is 0 Å². The third kappa shape index (κ3) is 4.66. The summed E-state index contributed by atoms with van der Waals surface area (Å²) in [5.41, 5.74) is 0.984. The van der Waals surface area contributed by atoms with E-state index in [0.717, 1.165) is 31.4 Å². The molecule has 8 nitrogen and oxygen atoms in total. The highest BCUT2D eigenvalue weighted by Gasteiger charge is 2.43. The summed E-state index contributed by atoms with van der Waals surface area (Å²) in [5, 5.41) is 13.1. The van der Waals surface area contributed by atoms with Gasteiger partial charge in [-0.15, -0.1) is 0 Å². The van der Waals surface area contributed by atoms with Crippen LogP contribution in [0.3, 0.4) is 0 Å². The molecule has 0 saturated heterocycles. The summed E-state index contributed by atoms with van der Waals surface area (Å²) >= 11 is 0. The molecule has 0 unspecified atom stereocenters. The first-order valence-electron chi connectivity index (χ1n) is 10.4. The molecule has 1 aromatic rings. The lowest BCUT2D eigenvalue weighted by molar-refractivity contribution is -0.117. The minimum absolute atomic E-state index is 0.00851. The van der Waals surface area contributed by atoms with Crippen LogP contribution in [-0.4, -0.2) is 48.1 Å². The van der Waals surface area contributed by atoms with E-state index in [1.165, 1.54) is 12.8 Å². The molecule has 154 valence electrons. The molecule has 0 radical (unpaired) electrons. The van der Waals surface area contributed by atoms with E-state index in [1.54, 1.807) is 7.11 Å². The Bertz CT molecular complexity index is 717. The molecule has 3 aliphatic carbocycles. The van der Waals surface area contributed by atoms with Gasteiger partial charge in [-0.25, -0.2) is 4.79 Å². The number of methoxy groups -OCH3 is 1. The Morgan fingerprint density at radius 3 is 2.86 bits per heavy atom. The molecule has 2 amide bonds. The number of nitrogens with zero attached hydrogens (tertiary/aromatic N) is 1. The lowest BCUT2D eigenvalue weighted by Gasteiger charge is -2.16. The topological polar surface area (TPSA) is 105 Å². The fraction of sp³-hybridized carbons (Fsp3) is 0.750. The minimum Gasteiger partial charge on any atom is -0.446 e. The number of carbonyl (C=O) groups is 2. The standard InChI is InChI=1S/C20H30N4O4/c1-11(12-3-4-12)21-20(26)28-15-6-5-13(7-15)17-9-18(24-23-17)22-19(25)16-8-14(16)10-27-2/h9,11-16H,3-8,10H2,1-2H3,(H,21,26)(H2,22,23,24,25)/t11-,13+,14-,15-,16+/m1/s1. The van der Waals surface area contributed by atoms with E-state index in [2.05, 4.69) is 20.8 Å². The Morgan fingerprint density at radius 2 is 2.11 bits per heavy atom. The molecule has 0 bridgehead atoms. The lowest BCUT2D eigenvalue weighted by Crippen LogP contribution is -2.36. The van der Waals surface area contributed by atoms with E-state index in [9.17, 15) is 9.59 Å². The van der Waals surface area contributed by atoms with E-state index >= 15 is 0 Å². The number of amides is 2. The van der Waals surface area contributed by atoms with Gasteiger partial charge in [-0.3, -0.25) is 9.89 Å². The average Bonchev–Trinajstić information content (AvgIpc) is 3.55. The van der Waals surface area contributed by atoms with E-state index in [4.69, 9.17) is 9.47 Å². The first kappa shape index (κ1) is 19.2. The zero-order chi connectivity index (χ0) is 19.7. The highest BCUT2D eigenvalue weighted by molar-refractivity contribution is 5.93. The molecule has 4 rings (SSSR count). The summed E-state index contributed by atoms with van der Waals surface area (Å²) in [4.78, 5) is 24.3. The second kappa shape index (κ2) is 8.11. The van der Waals surface area contributed by atoms with Gasteiger partial charge in [-0.05, 0) is 57.3 Å². The number of H-pyrrole nitrogens is 1. The van der Waals surface area contributed by atoms with Crippen molar-refractivity contribution in [2.75, 3.05) is 19.0 Å². The second-order valence-corrected chi connectivity index (χ2v) is 8.56. The Balaban J connectivity index is 1.22. The molecule has 3 aliphatic rings. The molecule has 3 N–H and O–H groups in total. The molecular formula is C20H30N4O4. The highest BCUT2D eigenvalue weighted by atomic mass is 16.6. The molecule has 0 aromatic carbocycles. The fourth-order valence-corrected chi connectivity index (χ4v) is 4.21. The molecule has 5 atom stereocenters. The Kier molecular flexibility index (Phi) is 5.57. The molecule has 3 fully saturated rings. The Labute approximate surface area is 165 Å². The van der Waals surface area contributed by atoms with Crippen molar-refractivity contribution in [1.29, 1.82) is 0 Å². The van der Waals surface area contributed by atoms with Crippen molar-refractivity contribution in [3.63, 3.8) is 0 Å². The van der Waals surface area contributed by atoms with Gasteiger partial charge in [0.05, 0.1) is 0 Å². The van der Waals surface area contributed by atoms with Crippen LogP contribution in [0.1, 0.15) is 57.1 Å². The van der Waals surface area contributed by atoms with Gasteiger partial charge >= 0.3 is 6.09 Å². The van der Waals surface area contributed by atoms with Crippen LogP contribution in [0.25, 0.3) is 0 Å². The molecule has 1 aromatic heterocycles. The van der Waals surface area contributed by atoms with Gasteiger partial charge in [0.1, 0.15) is 6.10 Å². The van der Waals surface area contributed by atoms with Crippen molar-refractivity contribution in [3.8, 4) is 0 Å². The van der Waals surface area contributed by atoms with Crippen molar-refractivity contribution in [2.24, 2.45) is 17.8 Å². The van der Waals surface area contributed by atoms with Gasteiger partial charge in [0.15, 0.2) is 5.82 Å². The van der Waals surface area contributed by atoms with Crippen LogP contribution in [0.5, 0.6) is 0 Å². The zero-order valence-electron chi connectivity index (χ0n) is 16.6. The number of nitrogens with one attached hydrogen (secondary N) is 3. The normalized spacial score (nSPS) is 29.9. The molecule has 0 spiro atoms. The Morgan fingerprint density at radius 1 is 1.29 bits per heavy atom. The largest absolute Gasteiger partial charge is 0.446 e. The number of aromatic amines is 1. The number of hydrogen-bond acceptors (Lipinski definition) is 5. The predicted octanol–water partition coefficient (Wildman–Crippen LogP) is 2.79. The van der Waals surface area contributed by atoms with Crippen LogP contribution in [-0.2, 0) is 14.3 Å². The molecule has 1 heterocycles. The first-order chi connectivity index (χ1) is 13.5. The van der Waals surface area contributed by atoms with E-state index in [1.807, 2.05) is 13.0 Å². The zero-order valence-corrected chi connectivity index (χ0v) is 16.6. The van der Waals surface area contributed by atoms with Gasteiger partial charge in [0.25, 0.3) is 0 Å². The summed E-state index contributed by atoms with van der Waals surface area (Å²) in [5.74, 6) is 1.80. The summed E-state index contributed by atoms with van der Waals surface area (Å²) < 4.78 is 10.7. The Hall–Kier alpha value is -2.09. The van der Waals surface area contributed by atoms with Gasteiger partial charge in [-0.2, -0.15) is 5.10 Å². The molecule has 3 saturated carbocycles. The van der Waals surface area contributed by atoms with Crippen molar-refractivity contribution >= 4 is 17.8 Å². The van der Waals surface area contributed by atoms with Gasteiger partial charge < -0.3 is 20.1 Å². The number of aromatic nitrogens is 2. The van der Waals surface area contributed by atoms with Crippen molar-refractivity contribution in [1.82, 2.24) is 15.5 Å². The molecule has 28 heavy (non-hydrogen) atoms. The van der Waals surface area contributed by atoms with E-state index in [0.29, 0.717) is 24.3 Å². The first-order valence-corrected chi connectivity index (χ1v) is 10.4. The fourth-order valence-electron chi connectivity index (χ4n) is 4.21. The smallest absolute Gasteiger partial charge is 0.407 e. The summed E-state index contributed by atoms with van der Waals surface area (Å²) in [7, 11) is 1.66. The highest BCUT2D eigenvalue weighted by Crippen LogP contribution is 2.40. The monoisotopic (exact) mass is 390 g/mol. The van der Waals surface area contributed by atoms with Crippen molar-refractivity contribution < 1.29 is 19.1 Å². The third-order valence-electron chi connectivity index (χ3n) is 6.26. The van der Waals surface area contributed by atoms with Crippen LogP contribution in [0, 0.1) is 17.8 Å². The van der Waals surface area contributed by atoms with Gasteiger partial charge in [0.2, 0.25) is 5.91 Å². The molecule has 0 aliphatic heterocycles. The average molecular weight is 390 g/mol. The SMILES string of the molecule is COC[C@H]1C[C@@H]1C(=O)Nc1cc([C@H]2CC[C@@H](OC(=O)N[C@H](C)C3CC3)C2)[nH]n1. The second-order valence-electron chi connectivity index (χ2n) is 8.56. The minimum atomic E-state index is -0.308. The van der Waals surface area contributed by atoms with Gasteiger partial charge in [0, 0.05) is 43.4 Å². The van der Waals surface area contributed by atoms with Crippen molar-refractivity contribution in [3.05, 3.63) is 11.8 Å². The number of rotatable bonds is 8. The quantitative estimate of drug-likeness (QED) is 0.633.